The standard InChI is InChI=1S/C13H9Cl2N3O/c1-8-7-12(19)10(5-6-16)17-18(8)11-4-2-3-9(14)13(11)15/h2-4,7H,5H2,1H3. The summed E-state index contributed by atoms with van der Waals surface area (Å²) in [6.07, 6.45) is -0.0443. The summed E-state index contributed by atoms with van der Waals surface area (Å²) in [6.45, 7) is 1.74. The monoisotopic (exact) mass is 293 g/mol. The molecule has 2 aromatic rings. The number of aryl methyl sites for hydroxylation is 1. The van der Waals surface area contributed by atoms with Crippen LogP contribution >= 0.6 is 23.2 Å². The first-order valence-corrected chi connectivity index (χ1v) is 6.21. The molecule has 0 amide bonds. The Bertz CT molecular complexity index is 732. The molecule has 0 bridgehead atoms. The van der Waals surface area contributed by atoms with Gasteiger partial charge in [-0.25, -0.2) is 4.68 Å². The molecule has 6 heteroatoms. The van der Waals surface area contributed by atoms with Crippen molar-refractivity contribution in [2.24, 2.45) is 0 Å². The van der Waals surface area contributed by atoms with E-state index < -0.39 is 0 Å². The van der Waals surface area contributed by atoms with Gasteiger partial charge in [0.2, 0.25) is 5.43 Å². The minimum Gasteiger partial charge on any atom is -0.288 e. The smallest absolute Gasteiger partial charge is 0.204 e. The first-order valence-electron chi connectivity index (χ1n) is 5.45. The van der Waals surface area contributed by atoms with E-state index in [4.69, 9.17) is 28.5 Å². The van der Waals surface area contributed by atoms with Gasteiger partial charge in [0.25, 0.3) is 0 Å². The lowest BCUT2D eigenvalue weighted by atomic mass is 10.2. The van der Waals surface area contributed by atoms with E-state index >= 15 is 0 Å². The van der Waals surface area contributed by atoms with Gasteiger partial charge in [-0.3, -0.25) is 4.79 Å². The normalized spacial score (nSPS) is 10.2. The molecule has 2 rings (SSSR count). The fraction of sp³-hybridized carbons (Fsp3) is 0.154. The average Bonchev–Trinajstić information content (AvgIpc) is 2.37. The topological polar surface area (TPSA) is 58.7 Å². The molecule has 1 aromatic heterocycles. The number of nitriles is 1. The van der Waals surface area contributed by atoms with Gasteiger partial charge in [0.1, 0.15) is 5.69 Å². The van der Waals surface area contributed by atoms with Gasteiger partial charge >= 0.3 is 0 Å². The molecule has 0 radical (unpaired) electrons. The lowest BCUT2D eigenvalue weighted by molar-refractivity contribution is 0.767. The van der Waals surface area contributed by atoms with E-state index in [-0.39, 0.29) is 17.5 Å². The van der Waals surface area contributed by atoms with Crippen molar-refractivity contribution in [2.45, 2.75) is 13.3 Å². The van der Waals surface area contributed by atoms with E-state index in [2.05, 4.69) is 5.10 Å². The second kappa shape index (κ2) is 5.43. The lowest BCUT2D eigenvalue weighted by Crippen LogP contribution is -2.18. The second-order valence-corrected chi connectivity index (χ2v) is 4.70. The highest BCUT2D eigenvalue weighted by atomic mass is 35.5. The van der Waals surface area contributed by atoms with Gasteiger partial charge in [0, 0.05) is 11.8 Å². The summed E-state index contributed by atoms with van der Waals surface area (Å²) >= 11 is 12.1. The summed E-state index contributed by atoms with van der Waals surface area (Å²) < 4.78 is 1.52. The first kappa shape index (κ1) is 13.6. The van der Waals surface area contributed by atoms with Crippen LogP contribution in [0.3, 0.4) is 0 Å². The summed E-state index contributed by atoms with van der Waals surface area (Å²) in [6, 6.07) is 8.50. The molecule has 0 atom stereocenters. The van der Waals surface area contributed by atoms with Gasteiger partial charge in [-0.15, -0.1) is 0 Å². The van der Waals surface area contributed by atoms with Gasteiger partial charge in [0.05, 0.1) is 28.2 Å². The molecule has 0 N–H and O–H groups in total. The van der Waals surface area contributed by atoms with E-state index in [0.717, 1.165) is 0 Å². The molecule has 1 aromatic carbocycles. The Morgan fingerprint density at radius 1 is 1.42 bits per heavy atom. The number of nitrogens with zero attached hydrogens (tertiary/aromatic N) is 3. The molecule has 0 spiro atoms. The highest BCUT2D eigenvalue weighted by Gasteiger charge is 2.11. The number of halogens is 2. The SMILES string of the molecule is Cc1cc(=O)c(CC#N)nn1-c1cccc(Cl)c1Cl. The predicted molar refractivity (Wildman–Crippen MR) is 73.9 cm³/mol. The molecule has 0 aliphatic carbocycles. The van der Waals surface area contributed by atoms with Gasteiger partial charge in [0.15, 0.2) is 0 Å². The van der Waals surface area contributed by atoms with Gasteiger partial charge in [-0.2, -0.15) is 10.4 Å². The van der Waals surface area contributed by atoms with Crippen LogP contribution < -0.4 is 5.43 Å². The van der Waals surface area contributed by atoms with Gasteiger partial charge < -0.3 is 0 Å². The van der Waals surface area contributed by atoms with Crippen LogP contribution in [0.1, 0.15) is 11.4 Å². The molecular weight excluding hydrogens is 285 g/mol. The number of rotatable bonds is 2. The van der Waals surface area contributed by atoms with Crippen LogP contribution in [0.2, 0.25) is 10.0 Å². The van der Waals surface area contributed by atoms with Crippen LogP contribution in [-0.2, 0) is 6.42 Å². The van der Waals surface area contributed by atoms with Crippen LogP contribution in [0.5, 0.6) is 0 Å². The molecule has 19 heavy (non-hydrogen) atoms. The Kier molecular flexibility index (Phi) is 3.89. The fourth-order valence-corrected chi connectivity index (χ4v) is 2.06. The third-order valence-corrected chi connectivity index (χ3v) is 3.39. The number of hydrogen-bond acceptors (Lipinski definition) is 3. The van der Waals surface area contributed by atoms with Crippen molar-refractivity contribution in [1.82, 2.24) is 9.78 Å². The molecular formula is C13H9Cl2N3O. The van der Waals surface area contributed by atoms with Gasteiger partial charge in [-0.05, 0) is 19.1 Å². The predicted octanol–water partition coefficient (Wildman–Crippen LogP) is 2.91. The highest BCUT2D eigenvalue weighted by molar-refractivity contribution is 6.43. The quantitative estimate of drug-likeness (QED) is 0.855. The van der Waals surface area contributed by atoms with Crippen molar-refractivity contribution in [2.75, 3.05) is 0 Å². The first-order chi connectivity index (χ1) is 9.04. The van der Waals surface area contributed by atoms with Crippen LogP contribution in [0.15, 0.2) is 29.1 Å². The Balaban J connectivity index is 2.69. The molecule has 0 aliphatic heterocycles. The maximum Gasteiger partial charge on any atom is 0.204 e. The number of benzene rings is 1. The van der Waals surface area contributed by atoms with Crippen molar-refractivity contribution >= 4 is 23.2 Å². The maximum absolute atomic E-state index is 11.7. The summed E-state index contributed by atoms with van der Waals surface area (Å²) in [4.78, 5) is 11.7. The third kappa shape index (κ3) is 2.62. The summed E-state index contributed by atoms with van der Waals surface area (Å²) in [5, 5.41) is 13.6. The fourth-order valence-electron chi connectivity index (χ4n) is 1.68. The van der Waals surface area contributed by atoms with E-state index in [1.165, 1.54) is 10.7 Å². The molecule has 96 valence electrons. The van der Waals surface area contributed by atoms with Crippen LogP contribution in [0, 0.1) is 18.3 Å². The Hall–Kier alpha value is -1.83. The minimum atomic E-state index is -0.256. The second-order valence-electron chi connectivity index (χ2n) is 3.92. The molecule has 4 nitrogen and oxygen atoms in total. The molecule has 1 heterocycles. The summed E-state index contributed by atoms with van der Waals surface area (Å²) in [5.41, 5.74) is 1.12. The average molecular weight is 294 g/mol. The minimum absolute atomic E-state index is 0.0443. The molecule has 0 unspecified atom stereocenters. The van der Waals surface area contributed by atoms with E-state index in [9.17, 15) is 4.79 Å². The van der Waals surface area contributed by atoms with Crippen LogP contribution in [0.25, 0.3) is 5.69 Å². The highest BCUT2D eigenvalue weighted by Crippen LogP contribution is 2.28. The van der Waals surface area contributed by atoms with E-state index in [1.807, 2.05) is 6.07 Å². The van der Waals surface area contributed by atoms with Crippen LogP contribution in [-0.4, -0.2) is 9.78 Å². The molecule has 0 fully saturated rings. The molecule has 0 saturated carbocycles. The third-order valence-electron chi connectivity index (χ3n) is 2.59. The Morgan fingerprint density at radius 2 is 2.16 bits per heavy atom. The zero-order chi connectivity index (χ0) is 14.0. The maximum atomic E-state index is 11.7. The van der Waals surface area contributed by atoms with Crippen molar-refractivity contribution in [3.63, 3.8) is 0 Å². The zero-order valence-corrected chi connectivity index (χ0v) is 11.5. The molecule has 0 aliphatic rings. The van der Waals surface area contributed by atoms with E-state index in [0.29, 0.717) is 21.4 Å². The Morgan fingerprint density at radius 3 is 2.84 bits per heavy atom. The molecule has 0 saturated heterocycles. The van der Waals surface area contributed by atoms with Crippen molar-refractivity contribution < 1.29 is 0 Å². The van der Waals surface area contributed by atoms with Crippen molar-refractivity contribution in [1.29, 1.82) is 5.26 Å². The van der Waals surface area contributed by atoms with Crippen LogP contribution in [0.4, 0.5) is 0 Å². The van der Waals surface area contributed by atoms with Crippen molar-refractivity contribution in [3.8, 4) is 11.8 Å². The zero-order valence-electron chi connectivity index (χ0n) is 10.0. The lowest BCUT2D eigenvalue weighted by Gasteiger charge is -2.12. The summed E-state index contributed by atoms with van der Waals surface area (Å²) in [5.74, 6) is 0. The largest absolute Gasteiger partial charge is 0.288 e. The summed E-state index contributed by atoms with van der Waals surface area (Å²) in [7, 11) is 0. The number of hydrogen-bond donors (Lipinski definition) is 0. The van der Waals surface area contributed by atoms with Crippen molar-refractivity contribution in [3.05, 3.63) is 55.9 Å². The number of aromatic nitrogens is 2. The Labute approximate surface area is 119 Å². The van der Waals surface area contributed by atoms with E-state index in [1.54, 1.807) is 25.1 Å². The van der Waals surface area contributed by atoms with Gasteiger partial charge in [-0.1, -0.05) is 29.3 Å².